The molecule has 0 aliphatic carbocycles. The number of nitrogens with one attached hydrogen (secondary N) is 2. The molecule has 0 fully saturated rings. The van der Waals surface area contributed by atoms with Gasteiger partial charge in [-0.2, -0.15) is 5.10 Å². The molecule has 2 N–H and O–H groups in total. The molecule has 1 heterocycles. The molecule has 0 bridgehead atoms. The average Bonchev–Trinajstić information content (AvgIpc) is 2.47. The van der Waals surface area contributed by atoms with Crippen LogP contribution in [0.4, 0.5) is 11.6 Å². The van der Waals surface area contributed by atoms with Crippen molar-refractivity contribution in [2.24, 2.45) is 0 Å². The molecule has 104 valence electrons. The quantitative estimate of drug-likeness (QED) is 0.872. The Balaban J connectivity index is 2.09. The van der Waals surface area contributed by atoms with Gasteiger partial charge in [-0.25, -0.2) is 4.98 Å². The summed E-state index contributed by atoms with van der Waals surface area (Å²) in [6, 6.07) is 5.52. The van der Waals surface area contributed by atoms with Gasteiger partial charge in [-0.05, 0) is 37.1 Å². The maximum absolute atomic E-state index is 12.1. The van der Waals surface area contributed by atoms with E-state index in [1.807, 2.05) is 19.1 Å². The highest BCUT2D eigenvalue weighted by Gasteiger charge is 2.09. The minimum atomic E-state index is -0.247. The largest absolute Gasteiger partial charge is 0.385 e. The highest BCUT2D eigenvalue weighted by Crippen LogP contribution is 2.17. The summed E-state index contributed by atoms with van der Waals surface area (Å²) in [4.78, 5) is 16.0. The summed E-state index contributed by atoms with van der Waals surface area (Å²) in [7, 11) is 0. The van der Waals surface area contributed by atoms with Gasteiger partial charge in [0.15, 0.2) is 0 Å². The summed E-state index contributed by atoms with van der Waals surface area (Å²) in [6.45, 7) is 4.99. The molecule has 0 atom stereocenters. The predicted molar refractivity (Wildman–Crippen MR) is 77.7 cm³/mol. The van der Waals surface area contributed by atoms with Gasteiger partial charge in [0, 0.05) is 17.8 Å². The van der Waals surface area contributed by atoms with Crippen molar-refractivity contribution < 1.29 is 4.79 Å². The molecule has 0 radical (unpaired) electrons. The molecule has 0 aliphatic rings. The number of nitrogens with zero attached hydrogens (tertiary/aromatic N) is 3. The van der Waals surface area contributed by atoms with E-state index in [4.69, 9.17) is 0 Å². The fourth-order valence-corrected chi connectivity index (χ4v) is 1.74. The molecule has 0 saturated carbocycles. The molecular formula is C14H17N5O. The number of aromatic nitrogens is 3. The number of anilines is 2. The van der Waals surface area contributed by atoms with Crippen LogP contribution >= 0.6 is 0 Å². The van der Waals surface area contributed by atoms with E-state index < -0.39 is 0 Å². The first-order valence-corrected chi connectivity index (χ1v) is 6.50. The highest BCUT2D eigenvalue weighted by molar-refractivity contribution is 6.03. The minimum Gasteiger partial charge on any atom is -0.385 e. The maximum Gasteiger partial charge on any atom is 0.258 e. The lowest BCUT2D eigenvalue weighted by molar-refractivity contribution is 0.102. The van der Waals surface area contributed by atoms with Crippen molar-refractivity contribution >= 4 is 17.5 Å². The Hall–Kier alpha value is -2.50. The van der Waals surface area contributed by atoms with Crippen molar-refractivity contribution in [2.75, 3.05) is 17.2 Å². The standard InChI is InChI=1S/C14H17N5O/c1-3-6-15-12-5-4-11(9-10(12)2)13(20)18-14-16-7-8-17-19-14/h4-5,7-9,15H,3,6H2,1-2H3,(H,16,18,19,20). The Morgan fingerprint density at radius 1 is 1.30 bits per heavy atom. The lowest BCUT2D eigenvalue weighted by Gasteiger charge is -2.10. The molecule has 1 amide bonds. The monoisotopic (exact) mass is 271 g/mol. The molecule has 1 aromatic carbocycles. The number of hydrogen-bond donors (Lipinski definition) is 2. The highest BCUT2D eigenvalue weighted by atomic mass is 16.1. The van der Waals surface area contributed by atoms with E-state index in [-0.39, 0.29) is 11.9 Å². The summed E-state index contributed by atoms with van der Waals surface area (Å²) >= 11 is 0. The van der Waals surface area contributed by atoms with E-state index in [1.165, 1.54) is 12.4 Å². The first-order valence-electron chi connectivity index (χ1n) is 6.50. The zero-order valence-corrected chi connectivity index (χ0v) is 11.6. The van der Waals surface area contributed by atoms with Crippen molar-refractivity contribution in [3.8, 4) is 0 Å². The summed E-state index contributed by atoms with van der Waals surface area (Å²) in [5.41, 5.74) is 2.64. The number of carbonyl (C=O) groups is 1. The van der Waals surface area contributed by atoms with Gasteiger partial charge >= 0.3 is 0 Å². The third-order valence-corrected chi connectivity index (χ3v) is 2.76. The zero-order chi connectivity index (χ0) is 14.4. The molecule has 1 aromatic heterocycles. The summed E-state index contributed by atoms with van der Waals surface area (Å²) in [5.74, 6) is -0.0496. The smallest absolute Gasteiger partial charge is 0.258 e. The second kappa shape index (κ2) is 6.60. The van der Waals surface area contributed by atoms with Crippen LogP contribution in [0.15, 0.2) is 30.6 Å². The number of benzene rings is 1. The van der Waals surface area contributed by atoms with Crippen molar-refractivity contribution in [1.29, 1.82) is 0 Å². The lowest BCUT2D eigenvalue weighted by atomic mass is 10.1. The van der Waals surface area contributed by atoms with Crippen LogP contribution in [0.2, 0.25) is 0 Å². The molecule has 0 unspecified atom stereocenters. The van der Waals surface area contributed by atoms with E-state index in [1.54, 1.807) is 6.07 Å². The molecule has 2 aromatic rings. The maximum atomic E-state index is 12.1. The first-order chi connectivity index (χ1) is 9.70. The summed E-state index contributed by atoms with van der Waals surface area (Å²) in [6.07, 6.45) is 3.99. The molecule has 0 spiro atoms. The van der Waals surface area contributed by atoms with Gasteiger partial charge in [-0.1, -0.05) is 6.92 Å². The van der Waals surface area contributed by atoms with Crippen LogP contribution in [-0.4, -0.2) is 27.6 Å². The van der Waals surface area contributed by atoms with E-state index in [0.29, 0.717) is 5.56 Å². The fourth-order valence-electron chi connectivity index (χ4n) is 1.74. The van der Waals surface area contributed by atoms with Gasteiger partial charge in [0.2, 0.25) is 5.95 Å². The number of carbonyl (C=O) groups excluding carboxylic acids is 1. The second-order valence-electron chi connectivity index (χ2n) is 4.38. The van der Waals surface area contributed by atoms with Crippen molar-refractivity contribution in [1.82, 2.24) is 15.2 Å². The van der Waals surface area contributed by atoms with Crippen LogP contribution < -0.4 is 10.6 Å². The van der Waals surface area contributed by atoms with Gasteiger partial charge in [0.05, 0.1) is 12.4 Å². The third kappa shape index (κ3) is 3.50. The average molecular weight is 271 g/mol. The Kier molecular flexibility index (Phi) is 4.60. The molecule has 6 heteroatoms. The molecule has 20 heavy (non-hydrogen) atoms. The Morgan fingerprint density at radius 2 is 2.15 bits per heavy atom. The molecule has 6 nitrogen and oxygen atoms in total. The number of rotatable bonds is 5. The normalized spacial score (nSPS) is 10.1. The van der Waals surface area contributed by atoms with Gasteiger partial charge in [-0.15, -0.1) is 5.10 Å². The van der Waals surface area contributed by atoms with Crippen molar-refractivity contribution in [3.05, 3.63) is 41.7 Å². The van der Waals surface area contributed by atoms with Crippen LogP contribution in [-0.2, 0) is 0 Å². The second-order valence-corrected chi connectivity index (χ2v) is 4.38. The number of aryl methyl sites for hydroxylation is 1. The van der Waals surface area contributed by atoms with Crippen LogP contribution in [0.3, 0.4) is 0 Å². The fraction of sp³-hybridized carbons (Fsp3) is 0.286. The van der Waals surface area contributed by atoms with E-state index in [2.05, 4.69) is 32.7 Å². The summed E-state index contributed by atoms with van der Waals surface area (Å²) < 4.78 is 0. The Bertz CT molecular complexity index is 585. The van der Waals surface area contributed by atoms with Crippen LogP contribution in [0.25, 0.3) is 0 Å². The van der Waals surface area contributed by atoms with E-state index in [9.17, 15) is 4.79 Å². The first kappa shape index (κ1) is 13.9. The summed E-state index contributed by atoms with van der Waals surface area (Å²) in [5, 5.41) is 13.3. The van der Waals surface area contributed by atoms with Gasteiger partial charge in [0.25, 0.3) is 5.91 Å². The van der Waals surface area contributed by atoms with E-state index >= 15 is 0 Å². The van der Waals surface area contributed by atoms with E-state index in [0.717, 1.165) is 24.2 Å². The SMILES string of the molecule is CCCNc1ccc(C(=O)Nc2nccnn2)cc1C. The minimum absolute atomic E-state index is 0.198. The van der Waals surface area contributed by atoms with Crippen LogP contribution in [0.5, 0.6) is 0 Å². The van der Waals surface area contributed by atoms with Crippen LogP contribution in [0, 0.1) is 6.92 Å². The van der Waals surface area contributed by atoms with Crippen molar-refractivity contribution in [3.63, 3.8) is 0 Å². The predicted octanol–water partition coefficient (Wildman–Crippen LogP) is 2.25. The van der Waals surface area contributed by atoms with Gasteiger partial charge in [-0.3, -0.25) is 10.1 Å². The third-order valence-electron chi connectivity index (χ3n) is 2.76. The molecule has 0 saturated heterocycles. The topological polar surface area (TPSA) is 79.8 Å². The Labute approximate surface area is 117 Å². The Morgan fingerprint density at radius 3 is 2.80 bits per heavy atom. The van der Waals surface area contributed by atoms with Gasteiger partial charge in [0.1, 0.15) is 0 Å². The number of hydrogen-bond acceptors (Lipinski definition) is 5. The molecule has 0 aliphatic heterocycles. The van der Waals surface area contributed by atoms with Crippen molar-refractivity contribution in [2.45, 2.75) is 20.3 Å². The lowest BCUT2D eigenvalue weighted by Crippen LogP contribution is -2.15. The molecular weight excluding hydrogens is 254 g/mol. The van der Waals surface area contributed by atoms with Crippen LogP contribution in [0.1, 0.15) is 29.3 Å². The van der Waals surface area contributed by atoms with Gasteiger partial charge < -0.3 is 5.32 Å². The number of amides is 1. The molecule has 2 rings (SSSR count). The zero-order valence-electron chi connectivity index (χ0n) is 11.6.